The summed E-state index contributed by atoms with van der Waals surface area (Å²) in [5, 5.41) is 0.552. The highest BCUT2D eigenvalue weighted by Gasteiger charge is 2.48. The first-order chi connectivity index (χ1) is 17.9. The molecule has 0 N–H and O–H groups in total. The van der Waals surface area contributed by atoms with Crippen LogP contribution < -0.4 is 4.74 Å². The van der Waals surface area contributed by atoms with Gasteiger partial charge in [0.25, 0.3) is 0 Å². The SMILES string of the molecule is FC(F)(F)Oc1cc(-c2ccccc2)c2c(c1)-c1ccc(Cl)cc1C2(c1ccccc1)c1ccccc1. The maximum absolute atomic E-state index is 13.4. The normalized spacial score (nSPS) is 13.6. The standard InChI is InChI=1S/C32H20ClF3O/c33-24-16-17-26-28-20-25(37-32(34,35)36)19-27(21-10-4-1-5-11-21)30(28)31(29(26)18-24,22-12-6-2-7-13-22)23-14-8-3-9-15-23/h1-20H. The summed E-state index contributed by atoms with van der Waals surface area (Å²) in [7, 11) is 0. The number of hydrogen-bond acceptors (Lipinski definition) is 1. The minimum absolute atomic E-state index is 0.261. The van der Waals surface area contributed by atoms with Crippen molar-refractivity contribution in [2.24, 2.45) is 0 Å². The van der Waals surface area contributed by atoms with E-state index in [0.29, 0.717) is 16.1 Å². The van der Waals surface area contributed by atoms with Gasteiger partial charge in [0.1, 0.15) is 5.75 Å². The molecule has 6 rings (SSSR count). The molecule has 5 aromatic rings. The second-order valence-electron chi connectivity index (χ2n) is 8.98. The molecule has 0 fully saturated rings. The topological polar surface area (TPSA) is 9.23 Å². The molecular weight excluding hydrogens is 493 g/mol. The summed E-state index contributed by atoms with van der Waals surface area (Å²) in [6.07, 6.45) is -4.82. The van der Waals surface area contributed by atoms with Crippen LogP contribution in [-0.2, 0) is 5.41 Å². The molecule has 0 saturated heterocycles. The van der Waals surface area contributed by atoms with Crippen molar-refractivity contribution in [3.8, 4) is 28.0 Å². The first-order valence-electron chi connectivity index (χ1n) is 11.8. The molecule has 0 heterocycles. The fourth-order valence-electron chi connectivity index (χ4n) is 5.61. The summed E-state index contributed by atoms with van der Waals surface area (Å²) in [5.41, 5.74) is 5.92. The lowest BCUT2D eigenvalue weighted by Gasteiger charge is -2.35. The van der Waals surface area contributed by atoms with Gasteiger partial charge in [0.05, 0.1) is 5.41 Å². The lowest BCUT2D eigenvalue weighted by atomic mass is 9.66. The van der Waals surface area contributed by atoms with E-state index >= 15 is 0 Å². The third-order valence-corrected chi connectivity index (χ3v) is 7.13. The third-order valence-electron chi connectivity index (χ3n) is 6.89. The van der Waals surface area contributed by atoms with Gasteiger partial charge in [-0.25, -0.2) is 0 Å². The van der Waals surface area contributed by atoms with Crippen molar-refractivity contribution in [1.82, 2.24) is 0 Å². The molecular formula is C32H20ClF3O. The predicted octanol–water partition coefficient (Wildman–Crippen LogP) is 9.27. The Morgan fingerprint density at radius 1 is 0.595 bits per heavy atom. The van der Waals surface area contributed by atoms with Crippen molar-refractivity contribution in [3.05, 3.63) is 149 Å². The van der Waals surface area contributed by atoms with E-state index in [2.05, 4.69) is 29.0 Å². The van der Waals surface area contributed by atoms with Crippen LogP contribution in [0.25, 0.3) is 22.3 Å². The van der Waals surface area contributed by atoms with Gasteiger partial charge in [-0.15, -0.1) is 13.2 Å². The molecule has 0 unspecified atom stereocenters. The van der Waals surface area contributed by atoms with Crippen LogP contribution in [0.15, 0.2) is 121 Å². The van der Waals surface area contributed by atoms with E-state index in [1.54, 1.807) is 6.07 Å². The number of halogens is 4. The molecule has 1 aliphatic carbocycles. The fraction of sp³-hybridized carbons (Fsp3) is 0.0625. The molecule has 1 nitrogen and oxygen atoms in total. The van der Waals surface area contributed by atoms with Gasteiger partial charge in [0, 0.05) is 5.02 Å². The van der Waals surface area contributed by atoms with Crippen molar-refractivity contribution in [1.29, 1.82) is 0 Å². The Labute approximate surface area is 217 Å². The van der Waals surface area contributed by atoms with Crippen LogP contribution >= 0.6 is 11.6 Å². The van der Waals surface area contributed by atoms with Gasteiger partial charge in [-0.1, -0.05) is 109 Å². The lowest BCUT2D eigenvalue weighted by molar-refractivity contribution is -0.274. The maximum Gasteiger partial charge on any atom is 0.573 e. The predicted molar refractivity (Wildman–Crippen MR) is 141 cm³/mol. The quantitative estimate of drug-likeness (QED) is 0.229. The van der Waals surface area contributed by atoms with Gasteiger partial charge in [-0.3, -0.25) is 0 Å². The van der Waals surface area contributed by atoms with Gasteiger partial charge in [-0.2, -0.15) is 0 Å². The number of alkyl halides is 3. The largest absolute Gasteiger partial charge is 0.573 e. The Morgan fingerprint density at radius 3 is 1.70 bits per heavy atom. The van der Waals surface area contributed by atoms with Gasteiger partial charge >= 0.3 is 6.36 Å². The van der Waals surface area contributed by atoms with E-state index in [1.807, 2.05) is 78.9 Å². The monoisotopic (exact) mass is 512 g/mol. The summed E-state index contributed by atoms with van der Waals surface area (Å²) in [6, 6.07) is 38.1. The van der Waals surface area contributed by atoms with E-state index in [4.69, 9.17) is 11.6 Å². The average molecular weight is 513 g/mol. The van der Waals surface area contributed by atoms with Crippen LogP contribution in [0.1, 0.15) is 22.3 Å². The highest BCUT2D eigenvalue weighted by Crippen LogP contribution is 2.60. The van der Waals surface area contributed by atoms with Crippen molar-refractivity contribution >= 4 is 11.6 Å². The number of benzene rings is 5. The molecule has 0 bridgehead atoms. The van der Waals surface area contributed by atoms with Crippen molar-refractivity contribution in [2.75, 3.05) is 0 Å². The van der Waals surface area contributed by atoms with Crippen LogP contribution in [0.5, 0.6) is 5.75 Å². The Balaban J connectivity index is 1.81. The number of hydrogen-bond donors (Lipinski definition) is 0. The van der Waals surface area contributed by atoms with Gasteiger partial charge < -0.3 is 4.74 Å². The van der Waals surface area contributed by atoms with Crippen molar-refractivity contribution in [3.63, 3.8) is 0 Å². The first kappa shape index (κ1) is 23.4. The van der Waals surface area contributed by atoms with E-state index in [1.165, 1.54) is 12.1 Å². The second kappa shape index (κ2) is 8.82. The smallest absolute Gasteiger partial charge is 0.406 e. The summed E-state index contributed by atoms with van der Waals surface area (Å²) >= 11 is 6.57. The maximum atomic E-state index is 13.4. The molecule has 0 atom stereocenters. The number of fused-ring (bicyclic) bond motifs is 3. The third kappa shape index (κ3) is 3.89. The Bertz CT molecular complexity index is 1540. The molecule has 37 heavy (non-hydrogen) atoms. The van der Waals surface area contributed by atoms with E-state index in [0.717, 1.165) is 33.4 Å². The number of ether oxygens (including phenoxy) is 1. The zero-order chi connectivity index (χ0) is 25.6. The second-order valence-corrected chi connectivity index (χ2v) is 9.42. The summed E-state index contributed by atoms with van der Waals surface area (Å²) in [5.74, 6) is -0.261. The molecule has 0 saturated carbocycles. The zero-order valence-corrected chi connectivity index (χ0v) is 20.2. The molecule has 1 aliphatic rings. The first-order valence-corrected chi connectivity index (χ1v) is 12.2. The van der Waals surface area contributed by atoms with E-state index in [9.17, 15) is 13.2 Å². The van der Waals surface area contributed by atoms with Crippen molar-refractivity contribution < 1.29 is 17.9 Å². The minimum Gasteiger partial charge on any atom is -0.406 e. The van der Waals surface area contributed by atoms with Crippen LogP contribution in [-0.4, -0.2) is 6.36 Å². The highest BCUT2D eigenvalue weighted by molar-refractivity contribution is 6.30. The molecule has 0 radical (unpaired) electrons. The Hall–Kier alpha value is -4.02. The van der Waals surface area contributed by atoms with Gasteiger partial charge in [-0.05, 0) is 68.8 Å². The summed E-state index contributed by atoms with van der Waals surface area (Å²) in [6.45, 7) is 0. The summed E-state index contributed by atoms with van der Waals surface area (Å²) < 4.78 is 44.7. The molecule has 0 aromatic heterocycles. The van der Waals surface area contributed by atoms with Gasteiger partial charge in [0.15, 0.2) is 0 Å². The molecule has 182 valence electrons. The zero-order valence-electron chi connectivity index (χ0n) is 19.5. The van der Waals surface area contributed by atoms with Crippen LogP contribution in [0.2, 0.25) is 5.02 Å². The van der Waals surface area contributed by atoms with Gasteiger partial charge in [0.2, 0.25) is 0 Å². The van der Waals surface area contributed by atoms with Crippen molar-refractivity contribution in [2.45, 2.75) is 11.8 Å². The van der Waals surface area contributed by atoms with E-state index in [-0.39, 0.29) is 5.75 Å². The minimum atomic E-state index is -4.82. The molecule has 0 spiro atoms. The number of rotatable bonds is 4. The fourth-order valence-corrected chi connectivity index (χ4v) is 5.78. The lowest BCUT2D eigenvalue weighted by Crippen LogP contribution is -2.29. The molecule has 0 aliphatic heterocycles. The molecule has 5 aromatic carbocycles. The Kier molecular flexibility index (Phi) is 5.58. The molecule has 5 heteroatoms. The molecule has 0 amide bonds. The van der Waals surface area contributed by atoms with E-state index < -0.39 is 11.8 Å². The average Bonchev–Trinajstić information content (AvgIpc) is 3.19. The van der Waals surface area contributed by atoms with Crippen LogP contribution in [0, 0.1) is 0 Å². The van der Waals surface area contributed by atoms with Crippen LogP contribution in [0.3, 0.4) is 0 Å². The Morgan fingerprint density at radius 2 is 1.14 bits per heavy atom. The summed E-state index contributed by atoms with van der Waals surface area (Å²) in [4.78, 5) is 0. The highest BCUT2D eigenvalue weighted by atomic mass is 35.5. The van der Waals surface area contributed by atoms with Crippen LogP contribution in [0.4, 0.5) is 13.2 Å².